The Morgan fingerprint density at radius 3 is 1.28 bits per heavy atom. The normalized spacial score (nSPS) is 13.4. The molecule has 0 spiro atoms. The SMILES string of the molecule is C[Si](C)(C)c1cc2c(cc1-c1ccc(I)cc1)[CH]([Zr+2]([CH2]c1ccccc1)([CH2]c1ccccc1)[C]1=CC=CC1)c1cc(-c3ccc(I)cc3)c([Si](C)(C)C)cc1-2.[Cl-].[Cl-]. The van der Waals surface area contributed by atoms with Crippen LogP contribution in [-0.2, 0) is 28.5 Å². The summed E-state index contributed by atoms with van der Waals surface area (Å²) < 4.78 is 7.02. The van der Waals surface area contributed by atoms with Crippen molar-refractivity contribution in [3.63, 3.8) is 0 Å². The molecule has 0 saturated carbocycles. The van der Waals surface area contributed by atoms with Crippen molar-refractivity contribution < 1.29 is 45.1 Å². The first-order valence-electron chi connectivity index (χ1n) is 19.6. The summed E-state index contributed by atoms with van der Waals surface area (Å²) in [6.07, 6.45) is 8.44. The van der Waals surface area contributed by atoms with Gasteiger partial charge in [-0.2, -0.15) is 0 Å². The van der Waals surface area contributed by atoms with Crippen molar-refractivity contribution in [1.29, 1.82) is 0 Å². The van der Waals surface area contributed by atoms with E-state index in [1.807, 2.05) is 0 Å². The minimum atomic E-state index is -3.65. The molecule has 0 heterocycles. The maximum Gasteiger partial charge on any atom is -1.00 e. The van der Waals surface area contributed by atoms with Gasteiger partial charge in [-0.3, -0.25) is 0 Å². The van der Waals surface area contributed by atoms with Crippen LogP contribution in [0.5, 0.6) is 0 Å². The van der Waals surface area contributed by atoms with Crippen LogP contribution < -0.4 is 35.2 Å². The van der Waals surface area contributed by atoms with Crippen molar-refractivity contribution in [3.8, 4) is 33.4 Å². The molecule has 0 radical (unpaired) electrons. The van der Waals surface area contributed by atoms with Crippen molar-refractivity contribution in [2.24, 2.45) is 0 Å². The zero-order valence-corrected chi connectivity index (χ0v) is 43.9. The second-order valence-electron chi connectivity index (χ2n) is 17.7. The zero-order valence-electron chi connectivity index (χ0n) is 33.6. The summed E-state index contributed by atoms with van der Waals surface area (Å²) in [5, 5.41) is 3.15. The molecule has 6 aromatic carbocycles. The molecule has 0 atom stereocenters. The number of benzene rings is 6. The third-order valence-corrected chi connectivity index (χ3v) is 30.8. The van der Waals surface area contributed by atoms with E-state index in [0.29, 0.717) is 3.63 Å². The van der Waals surface area contributed by atoms with E-state index in [-0.39, 0.29) is 24.8 Å². The van der Waals surface area contributed by atoms with Crippen LogP contribution in [0.15, 0.2) is 155 Å². The Morgan fingerprint density at radius 2 is 0.930 bits per heavy atom. The molecule has 6 aromatic rings. The van der Waals surface area contributed by atoms with Gasteiger partial charge in [-0.05, 0) is 0 Å². The molecule has 0 bridgehead atoms. The van der Waals surface area contributed by atoms with E-state index in [1.54, 1.807) is 24.8 Å². The molecule has 2 aliphatic rings. The fourth-order valence-electron chi connectivity index (χ4n) is 9.33. The summed E-state index contributed by atoms with van der Waals surface area (Å²) in [7, 11) is -3.54. The van der Waals surface area contributed by atoms with E-state index >= 15 is 0 Å². The third-order valence-electron chi connectivity index (χ3n) is 11.9. The van der Waals surface area contributed by atoms with Crippen LogP contribution in [-0.4, -0.2) is 16.1 Å². The predicted molar refractivity (Wildman–Crippen MR) is 258 cm³/mol. The van der Waals surface area contributed by atoms with Crippen molar-refractivity contribution in [3.05, 3.63) is 184 Å². The maximum atomic E-state index is 2.72. The molecule has 57 heavy (non-hydrogen) atoms. The molecule has 0 N–H and O–H groups in total. The van der Waals surface area contributed by atoms with Gasteiger partial charge < -0.3 is 24.8 Å². The molecule has 0 aromatic heterocycles. The number of allylic oxidation sites excluding steroid dienone is 4. The van der Waals surface area contributed by atoms with Gasteiger partial charge in [-0.15, -0.1) is 0 Å². The van der Waals surface area contributed by atoms with Crippen molar-refractivity contribution in [2.45, 2.75) is 57.6 Å². The van der Waals surface area contributed by atoms with E-state index in [4.69, 9.17) is 0 Å². The van der Waals surface area contributed by atoms with Crippen molar-refractivity contribution in [2.75, 3.05) is 0 Å². The summed E-state index contributed by atoms with van der Waals surface area (Å²) in [5.41, 5.74) is 14.8. The Labute approximate surface area is 387 Å². The van der Waals surface area contributed by atoms with Crippen LogP contribution in [0.4, 0.5) is 0 Å². The predicted octanol–water partition coefficient (Wildman–Crippen LogP) is 7.80. The molecule has 8 rings (SSSR count). The molecule has 0 unspecified atom stereocenters. The van der Waals surface area contributed by atoms with Crippen LogP contribution in [0.25, 0.3) is 33.4 Å². The van der Waals surface area contributed by atoms with Gasteiger partial charge in [0.15, 0.2) is 0 Å². The first-order chi connectivity index (χ1) is 26.3. The molecule has 7 heteroatoms. The van der Waals surface area contributed by atoms with Gasteiger partial charge in [-0.25, -0.2) is 0 Å². The summed E-state index contributed by atoms with van der Waals surface area (Å²) in [6.45, 7) is 15.2. The minimum absolute atomic E-state index is 0. The summed E-state index contributed by atoms with van der Waals surface area (Å²) >= 11 is 1.25. The number of halogens is 4. The van der Waals surface area contributed by atoms with Crippen LogP contribution in [0, 0.1) is 7.14 Å². The molecule has 0 aliphatic heterocycles. The average Bonchev–Trinajstić information content (AvgIpc) is 3.82. The Balaban J connectivity index is 0.00000275. The molecule has 0 fully saturated rings. The Bertz CT molecular complexity index is 2280. The standard InChI is InChI=1S/C31H31I2Si2.2C7H7.C5H5.2ClH.Zr/c1-34(2,3)30-18-26-22(16-28(30)20-7-11-24(32)12-8-20)15-23-17-29(21-9-13-25(33)14-10-21)31(19-27(23)26)35(4,5)6;2*1-7-5-3-2-4-6-7;1-2-4-5-3-1;;;/h7-19H,1-6H3;2*2-6H,1H2;1-3H,4H2;2*1H;/q;;;;;;+2/p-2. The topological polar surface area (TPSA) is 0 Å². The quantitative estimate of drug-likeness (QED) is 0.0972. The van der Waals surface area contributed by atoms with Gasteiger partial charge in [0.05, 0.1) is 0 Å². The number of hydrogen-bond donors (Lipinski definition) is 0. The van der Waals surface area contributed by atoms with E-state index < -0.39 is 36.4 Å². The second kappa shape index (κ2) is 18.0. The second-order valence-corrected chi connectivity index (χ2v) is 40.7. The Hall–Kier alpha value is -1.84. The Morgan fingerprint density at radius 1 is 0.526 bits per heavy atom. The van der Waals surface area contributed by atoms with Crippen molar-refractivity contribution >= 4 is 71.7 Å². The molecule has 0 saturated heterocycles. The van der Waals surface area contributed by atoms with E-state index in [1.165, 1.54) is 59.9 Å². The zero-order chi connectivity index (χ0) is 38.5. The number of hydrogen-bond acceptors (Lipinski definition) is 0. The molecule has 0 nitrogen and oxygen atoms in total. The third kappa shape index (κ3) is 9.11. The summed E-state index contributed by atoms with van der Waals surface area (Å²) in [6, 6.07) is 52.6. The Kier molecular flexibility index (Phi) is 14.1. The molecular formula is C50H50Cl2I2Si2Zr. The monoisotopic (exact) mass is 1120 g/mol. The van der Waals surface area contributed by atoms with E-state index in [9.17, 15) is 0 Å². The van der Waals surface area contributed by atoms with Crippen LogP contribution in [0.2, 0.25) is 39.3 Å². The van der Waals surface area contributed by atoms with Gasteiger partial charge in [-0.1, -0.05) is 0 Å². The number of fused-ring (bicyclic) bond motifs is 3. The minimum Gasteiger partial charge on any atom is -1.00 e. The van der Waals surface area contributed by atoms with Gasteiger partial charge in [0.2, 0.25) is 0 Å². The molecular weight excluding hydrogens is 1070 g/mol. The van der Waals surface area contributed by atoms with Crippen molar-refractivity contribution in [1.82, 2.24) is 0 Å². The fourth-order valence-corrected chi connectivity index (χ4v) is 27.8. The van der Waals surface area contributed by atoms with Gasteiger partial charge in [0, 0.05) is 0 Å². The van der Waals surface area contributed by atoms with Crippen LogP contribution in [0.3, 0.4) is 0 Å². The summed E-state index contributed by atoms with van der Waals surface area (Å²) in [4.78, 5) is 0. The van der Waals surface area contributed by atoms with Gasteiger partial charge in [0.25, 0.3) is 0 Å². The van der Waals surface area contributed by atoms with Gasteiger partial charge in [0.1, 0.15) is 0 Å². The summed E-state index contributed by atoms with van der Waals surface area (Å²) in [5.74, 6) is 0. The average molecular weight is 1120 g/mol. The molecule has 0 amide bonds. The first kappa shape index (κ1) is 44.7. The van der Waals surface area contributed by atoms with E-state index in [2.05, 4.69) is 236 Å². The molecule has 290 valence electrons. The largest absolute Gasteiger partial charge is 1.00 e. The smallest absolute Gasteiger partial charge is 1.00 e. The fraction of sp³-hybridized carbons (Fsp3) is 0.200. The maximum absolute atomic E-state index is 3.65. The first-order valence-corrected chi connectivity index (χ1v) is 34.9. The van der Waals surface area contributed by atoms with Crippen LogP contribution in [0.1, 0.15) is 32.3 Å². The molecule has 2 aliphatic carbocycles. The number of rotatable bonds is 10. The van der Waals surface area contributed by atoms with E-state index in [0.717, 1.165) is 6.42 Å². The van der Waals surface area contributed by atoms with Gasteiger partial charge >= 0.3 is 367 Å². The van der Waals surface area contributed by atoms with Crippen LogP contribution >= 0.6 is 45.2 Å².